The maximum Gasteiger partial charge on any atom is 0.251 e. The van der Waals surface area contributed by atoms with E-state index < -0.39 is 0 Å². The molecular formula is C25H42FNO. The van der Waals surface area contributed by atoms with Crippen molar-refractivity contribution in [2.75, 3.05) is 6.54 Å². The van der Waals surface area contributed by atoms with Gasteiger partial charge in [-0.3, -0.25) is 4.79 Å². The monoisotopic (exact) mass is 391 g/mol. The van der Waals surface area contributed by atoms with E-state index in [2.05, 4.69) is 12.2 Å². The standard InChI is InChI=1S/C25H42FNO/c1-2-3-4-5-6-7-8-9-10-11-12-13-14-15-16-17-22-27-25(28)23-18-20-24(26)21-19-23/h18-21H,2-17,22H2,1H3,(H,27,28). The molecule has 3 heteroatoms. The Labute approximate surface area is 172 Å². The second-order valence-corrected chi connectivity index (χ2v) is 8.07. The summed E-state index contributed by atoms with van der Waals surface area (Å²) in [4.78, 5) is 11.9. The van der Waals surface area contributed by atoms with Crippen molar-refractivity contribution >= 4 is 5.91 Å². The molecule has 0 unspecified atom stereocenters. The largest absolute Gasteiger partial charge is 0.352 e. The van der Waals surface area contributed by atoms with Gasteiger partial charge in [-0.25, -0.2) is 4.39 Å². The summed E-state index contributed by atoms with van der Waals surface area (Å²) in [6.45, 7) is 2.98. The van der Waals surface area contributed by atoms with E-state index in [9.17, 15) is 9.18 Å². The first-order valence-corrected chi connectivity index (χ1v) is 11.8. The Bertz CT molecular complexity index is 486. The van der Waals surface area contributed by atoms with Crippen LogP contribution in [0.3, 0.4) is 0 Å². The van der Waals surface area contributed by atoms with Gasteiger partial charge in [-0.15, -0.1) is 0 Å². The molecule has 2 nitrogen and oxygen atoms in total. The topological polar surface area (TPSA) is 29.1 Å². The molecule has 1 rings (SSSR count). The SMILES string of the molecule is CCCCCCCCCCCCCCCCCCNC(=O)c1ccc(F)cc1. The van der Waals surface area contributed by atoms with Crippen LogP contribution in [-0.2, 0) is 0 Å². The minimum absolute atomic E-state index is 0.110. The summed E-state index contributed by atoms with van der Waals surface area (Å²) < 4.78 is 12.8. The molecule has 0 radical (unpaired) electrons. The van der Waals surface area contributed by atoms with Crippen LogP contribution in [0.5, 0.6) is 0 Å². The van der Waals surface area contributed by atoms with Gasteiger partial charge in [-0.1, -0.05) is 103 Å². The quantitative estimate of drug-likeness (QED) is 0.254. The minimum atomic E-state index is -0.311. The second kappa shape index (κ2) is 17.7. The molecule has 28 heavy (non-hydrogen) atoms. The van der Waals surface area contributed by atoms with Crippen molar-refractivity contribution in [1.29, 1.82) is 0 Å². The van der Waals surface area contributed by atoms with Crippen LogP contribution >= 0.6 is 0 Å². The number of nitrogens with one attached hydrogen (secondary N) is 1. The summed E-state index contributed by atoms with van der Waals surface area (Å²) in [5, 5.41) is 2.91. The molecular weight excluding hydrogens is 349 g/mol. The molecule has 0 saturated heterocycles. The zero-order chi connectivity index (χ0) is 20.3. The fourth-order valence-electron chi connectivity index (χ4n) is 3.58. The lowest BCUT2D eigenvalue weighted by molar-refractivity contribution is 0.0953. The van der Waals surface area contributed by atoms with Crippen molar-refractivity contribution in [1.82, 2.24) is 5.32 Å². The van der Waals surface area contributed by atoms with Crippen LogP contribution in [0, 0.1) is 5.82 Å². The molecule has 0 aliphatic rings. The first-order valence-electron chi connectivity index (χ1n) is 11.8. The fraction of sp³-hybridized carbons (Fsp3) is 0.720. The van der Waals surface area contributed by atoms with Crippen LogP contribution in [-0.4, -0.2) is 12.5 Å². The Morgan fingerprint density at radius 2 is 1.07 bits per heavy atom. The highest BCUT2D eigenvalue weighted by Gasteiger charge is 2.04. The van der Waals surface area contributed by atoms with Crippen LogP contribution < -0.4 is 5.32 Å². The van der Waals surface area contributed by atoms with Crippen molar-refractivity contribution in [3.63, 3.8) is 0 Å². The van der Waals surface area contributed by atoms with E-state index in [0.717, 1.165) is 6.42 Å². The van der Waals surface area contributed by atoms with Crippen molar-refractivity contribution in [3.05, 3.63) is 35.6 Å². The Morgan fingerprint density at radius 3 is 1.50 bits per heavy atom. The Hall–Kier alpha value is -1.38. The number of carbonyl (C=O) groups is 1. The van der Waals surface area contributed by atoms with Crippen LogP contribution in [0.4, 0.5) is 4.39 Å². The molecule has 0 aliphatic heterocycles. The third-order valence-electron chi connectivity index (χ3n) is 5.42. The predicted octanol–water partition coefficient (Wildman–Crippen LogP) is 7.82. The van der Waals surface area contributed by atoms with Gasteiger partial charge < -0.3 is 5.32 Å². The van der Waals surface area contributed by atoms with Gasteiger partial charge in [0, 0.05) is 12.1 Å². The highest BCUT2D eigenvalue weighted by atomic mass is 19.1. The number of benzene rings is 1. The molecule has 1 aromatic carbocycles. The Morgan fingerprint density at radius 1 is 0.679 bits per heavy atom. The van der Waals surface area contributed by atoms with Gasteiger partial charge in [0.2, 0.25) is 0 Å². The average Bonchev–Trinajstić information content (AvgIpc) is 2.70. The van der Waals surface area contributed by atoms with E-state index in [4.69, 9.17) is 0 Å². The number of amides is 1. The molecule has 0 spiro atoms. The van der Waals surface area contributed by atoms with Crippen molar-refractivity contribution in [2.24, 2.45) is 0 Å². The maximum atomic E-state index is 12.8. The molecule has 0 atom stereocenters. The molecule has 160 valence electrons. The lowest BCUT2D eigenvalue weighted by Crippen LogP contribution is -2.24. The minimum Gasteiger partial charge on any atom is -0.352 e. The third kappa shape index (κ3) is 13.7. The smallest absolute Gasteiger partial charge is 0.251 e. The molecule has 0 aromatic heterocycles. The lowest BCUT2D eigenvalue weighted by Gasteiger charge is -2.06. The summed E-state index contributed by atoms with van der Waals surface area (Å²) in [5.41, 5.74) is 0.526. The average molecular weight is 392 g/mol. The molecule has 0 heterocycles. The van der Waals surface area contributed by atoms with Gasteiger partial charge in [0.1, 0.15) is 5.82 Å². The number of carbonyl (C=O) groups excluding carboxylic acids is 1. The van der Waals surface area contributed by atoms with E-state index in [0.29, 0.717) is 12.1 Å². The van der Waals surface area contributed by atoms with E-state index in [-0.39, 0.29) is 11.7 Å². The van der Waals surface area contributed by atoms with Crippen LogP contribution in [0.25, 0.3) is 0 Å². The maximum absolute atomic E-state index is 12.8. The number of rotatable bonds is 18. The van der Waals surface area contributed by atoms with Crippen LogP contribution in [0.2, 0.25) is 0 Å². The van der Waals surface area contributed by atoms with Crippen molar-refractivity contribution < 1.29 is 9.18 Å². The van der Waals surface area contributed by atoms with Crippen LogP contribution in [0.15, 0.2) is 24.3 Å². The van der Waals surface area contributed by atoms with E-state index in [1.807, 2.05) is 0 Å². The van der Waals surface area contributed by atoms with Gasteiger partial charge in [0.05, 0.1) is 0 Å². The van der Waals surface area contributed by atoms with E-state index in [1.165, 1.54) is 121 Å². The Balaban J connectivity index is 1.78. The molecule has 1 N–H and O–H groups in total. The number of hydrogen-bond acceptors (Lipinski definition) is 1. The summed E-state index contributed by atoms with van der Waals surface area (Å²) >= 11 is 0. The molecule has 1 aromatic rings. The van der Waals surface area contributed by atoms with Crippen LogP contribution in [0.1, 0.15) is 120 Å². The molecule has 1 amide bonds. The number of halogens is 1. The van der Waals surface area contributed by atoms with Crippen molar-refractivity contribution in [2.45, 2.75) is 110 Å². The van der Waals surface area contributed by atoms with Gasteiger partial charge in [0.25, 0.3) is 5.91 Å². The normalized spacial score (nSPS) is 10.9. The summed E-state index contributed by atoms with van der Waals surface area (Å²) in [5.74, 6) is -0.421. The van der Waals surface area contributed by atoms with Gasteiger partial charge in [-0.05, 0) is 30.7 Å². The fourth-order valence-corrected chi connectivity index (χ4v) is 3.58. The van der Waals surface area contributed by atoms with Gasteiger partial charge in [0.15, 0.2) is 0 Å². The zero-order valence-corrected chi connectivity index (χ0v) is 18.1. The van der Waals surface area contributed by atoms with Gasteiger partial charge >= 0.3 is 0 Å². The molecule has 0 bridgehead atoms. The summed E-state index contributed by atoms with van der Waals surface area (Å²) in [6, 6.07) is 5.70. The number of unbranched alkanes of at least 4 members (excludes halogenated alkanes) is 15. The van der Waals surface area contributed by atoms with E-state index in [1.54, 1.807) is 0 Å². The highest BCUT2D eigenvalue weighted by molar-refractivity contribution is 5.94. The highest BCUT2D eigenvalue weighted by Crippen LogP contribution is 2.13. The van der Waals surface area contributed by atoms with E-state index >= 15 is 0 Å². The molecule has 0 aliphatic carbocycles. The van der Waals surface area contributed by atoms with Gasteiger partial charge in [-0.2, -0.15) is 0 Å². The molecule has 0 saturated carbocycles. The Kier molecular flexibility index (Phi) is 15.6. The zero-order valence-electron chi connectivity index (χ0n) is 18.1. The summed E-state index contributed by atoms with van der Waals surface area (Å²) in [6.07, 6.45) is 21.6. The summed E-state index contributed by atoms with van der Waals surface area (Å²) in [7, 11) is 0. The number of hydrogen-bond donors (Lipinski definition) is 1. The lowest BCUT2D eigenvalue weighted by atomic mass is 10.0. The van der Waals surface area contributed by atoms with Crippen molar-refractivity contribution in [3.8, 4) is 0 Å². The first-order chi connectivity index (χ1) is 13.7. The first kappa shape index (κ1) is 24.7. The second-order valence-electron chi connectivity index (χ2n) is 8.07. The predicted molar refractivity (Wildman–Crippen MR) is 118 cm³/mol. The third-order valence-corrected chi connectivity index (χ3v) is 5.42. The molecule has 0 fully saturated rings.